The van der Waals surface area contributed by atoms with Gasteiger partial charge in [-0.2, -0.15) is 5.10 Å². The summed E-state index contributed by atoms with van der Waals surface area (Å²) in [4.78, 5) is 25.7. The van der Waals surface area contributed by atoms with Crippen LogP contribution in [0, 0.1) is 0 Å². The predicted octanol–water partition coefficient (Wildman–Crippen LogP) is 7.09. The molecule has 2 N–H and O–H groups in total. The Kier molecular flexibility index (Phi) is 10.1. The molecule has 0 radical (unpaired) electrons. The molecule has 0 bridgehead atoms. The molecule has 0 saturated heterocycles. The van der Waals surface area contributed by atoms with E-state index < -0.39 is 0 Å². The van der Waals surface area contributed by atoms with Crippen molar-refractivity contribution < 1.29 is 19.1 Å². The van der Waals surface area contributed by atoms with E-state index >= 15 is 0 Å². The summed E-state index contributed by atoms with van der Waals surface area (Å²) >= 11 is 11.3. The molecule has 1 aromatic heterocycles. The molecule has 0 atom stereocenters. The second-order valence-corrected chi connectivity index (χ2v) is 10.5. The Bertz CT molecular complexity index is 1460. The van der Waals surface area contributed by atoms with Gasteiger partial charge in [0.15, 0.2) is 11.5 Å². The number of anilines is 1. The number of carbonyl (C=O) groups excluding carboxylic acids is 2. The van der Waals surface area contributed by atoms with Gasteiger partial charge in [0.05, 0.1) is 23.7 Å². The van der Waals surface area contributed by atoms with Gasteiger partial charge in [-0.3, -0.25) is 9.59 Å². The van der Waals surface area contributed by atoms with Crippen LogP contribution in [0.2, 0.25) is 5.02 Å². The Morgan fingerprint density at radius 1 is 1.05 bits per heavy atom. The number of thiophene rings is 1. The third-order valence-corrected chi connectivity index (χ3v) is 7.22. The lowest BCUT2D eigenvalue weighted by atomic mass is 10.2. The molecular formula is C29H25BrClN3O4S. The number of hydrogen-bond acceptors (Lipinski definition) is 6. The summed E-state index contributed by atoms with van der Waals surface area (Å²) in [6.45, 7) is 2.60. The molecule has 0 fully saturated rings. The van der Waals surface area contributed by atoms with Crippen molar-refractivity contribution >= 4 is 62.6 Å². The molecule has 3 aromatic carbocycles. The highest BCUT2D eigenvalue weighted by atomic mass is 79.9. The summed E-state index contributed by atoms with van der Waals surface area (Å²) in [6.07, 6.45) is 1.83. The van der Waals surface area contributed by atoms with Crippen LogP contribution in [0.4, 0.5) is 5.69 Å². The van der Waals surface area contributed by atoms with Gasteiger partial charge < -0.3 is 14.8 Å². The maximum absolute atomic E-state index is 12.5. The van der Waals surface area contributed by atoms with Gasteiger partial charge in [0, 0.05) is 26.7 Å². The Balaban J connectivity index is 1.35. The summed E-state index contributed by atoms with van der Waals surface area (Å²) in [6, 6.07) is 21.5. The van der Waals surface area contributed by atoms with Crippen molar-refractivity contribution in [1.29, 1.82) is 0 Å². The van der Waals surface area contributed by atoms with Crippen molar-refractivity contribution in [1.82, 2.24) is 5.43 Å². The topological polar surface area (TPSA) is 89.0 Å². The number of nitrogens with zero attached hydrogens (tertiary/aromatic N) is 1. The van der Waals surface area contributed by atoms with Crippen molar-refractivity contribution in [2.24, 2.45) is 5.10 Å². The average Bonchev–Trinajstić information content (AvgIpc) is 3.42. The lowest BCUT2D eigenvalue weighted by molar-refractivity contribution is -0.115. The van der Waals surface area contributed by atoms with Crippen LogP contribution in [0.5, 0.6) is 11.5 Å². The summed E-state index contributed by atoms with van der Waals surface area (Å²) in [5, 5.41) is 9.47. The molecule has 0 unspecified atom stereocenters. The van der Waals surface area contributed by atoms with Crippen LogP contribution >= 0.6 is 38.9 Å². The predicted molar refractivity (Wildman–Crippen MR) is 159 cm³/mol. The monoisotopic (exact) mass is 625 g/mol. The molecule has 2 amide bonds. The summed E-state index contributed by atoms with van der Waals surface area (Å²) < 4.78 is 12.5. The van der Waals surface area contributed by atoms with Crippen LogP contribution in [-0.2, 0) is 17.8 Å². The SMILES string of the molecule is CCOc1cc(/C=N\NC(=O)c2ccc(NC(=O)Cc3cccs3)cc2)cc(Br)c1OCc1ccccc1Cl. The zero-order valence-corrected chi connectivity index (χ0v) is 24.1. The van der Waals surface area contributed by atoms with Gasteiger partial charge in [-0.25, -0.2) is 5.43 Å². The van der Waals surface area contributed by atoms with Crippen LogP contribution in [0.25, 0.3) is 0 Å². The first kappa shape index (κ1) is 28.4. The van der Waals surface area contributed by atoms with E-state index in [0.717, 1.165) is 10.4 Å². The van der Waals surface area contributed by atoms with Gasteiger partial charge in [-0.05, 0) is 82.3 Å². The highest BCUT2D eigenvalue weighted by molar-refractivity contribution is 9.10. The highest BCUT2D eigenvalue weighted by Gasteiger charge is 2.13. The number of hydrazone groups is 1. The first-order chi connectivity index (χ1) is 18.9. The highest BCUT2D eigenvalue weighted by Crippen LogP contribution is 2.37. The summed E-state index contributed by atoms with van der Waals surface area (Å²) in [5.41, 5.74) is 5.09. The molecule has 0 aliphatic heterocycles. The fourth-order valence-corrected chi connectivity index (χ4v) is 5.01. The first-order valence-corrected chi connectivity index (χ1v) is 14.1. The van der Waals surface area contributed by atoms with Crippen molar-refractivity contribution in [2.45, 2.75) is 20.0 Å². The van der Waals surface area contributed by atoms with Crippen LogP contribution in [0.3, 0.4) is 0 Å². The number of carbonyl (C=O) groups is 2. The van der Waals surface area contributed by atoms with Gasteiger partial charge in [0.25, 0.3) is 5.91 Å². The van der Waals surface area contributed by atoms with E-state index in [1.807, 2.05) is 54.8 Å². The maximum Gasteiger partial charge on any atom is 0.271 e. The normalized spacial score (nSPS) is 10.8. The Morgan fingerprint density at radius 3 is 2.56 bits per heavy atom. The second-order valence-electron chi connectivity index (χ2n) is 8.22. The number of benzene rings is 3. The van der Waals surface area contributed by atoms with Gasteiger partial charge in [-0.1, -0.05) is 35.9 Å². The quantitative estimate of drug-likeness (QED) is 0.137. The maximum atomic E-state index is 12.5. The third kappa shape index (κ3) is 8.16. The molecule has 0 saturated carbocycles. The smallest absolute Gasteiger partial charge is 0.271 e. The Morgan fingerprint density at radius 2 is 1.85 bits per heavy atom. The Hall–Kier alpha value is -3.66. The molecule has 0 aliphatic rings. The van der Waals surface area contributed by atoms with Crippen molar-refractivity contribution in [2.75, 3.05) is 11.9 Å². The molecule has 200 valence electrons. The number of rotatable bonds is 11. The van der Waals surface area contributed by atoms with Crippen LogP contribution in [0.15, 0.2) is 87.8 Å². The zero-order chi connectivity index (χ0) is 27.6. The minimum Gasteiger partial charge on any atom is -0.490 e. The average molecular weight is 627 g/mol. The fraction of sp³-hybridized carbons (Fsp3) is 0.138. The number of hydrogen-bond donors (Lipinski definition) is 2. The molecule has 10 heteroatoms. The molecule has 0 spiro atoms. The lowest BCUT2D eigenvalue weighted by Gasteiger charge is -2.15. The van der Waals surface area contributed by atoms with Gasteiger partial charge in [0.2, 0.25) is 5.91 Å². The van der Waals surface area contributed by atoms with E-state index in [4.69, 9.17) is 21.1 Å². The molecule has 39 heavy (non-hydrogen) atoms. The third-order valence-electron chi connectivity index (χ3n) is 5.39. The standard InChI is InChI=1S/C29H25BrClN3O4S/c1-2-37-26-15-19(14-24(30)28(26)38-18-21-6-3-4-8-25(21)31)17-32-34-29(36)20-9-11-22(12-10-20)33-27(35)16-23-7-5-13-39-23/h3-15,17H,2,16,18H2,1H3,(H,33,35)(H,34,36)/b32-17-. The van der Waals surface area contributed by atoms with Crippen molar-refractivity contribution in [3.05, 3.63) is 109 Å². The molecule has 7 nitrogen and oxygen atoms in total. The van der Waals surface area contributed by atoms with E-state index in [0.29, 0.717) is 50.8 Å². The number of halogens is 2. The second kappa shape index (κ2) is 13.9. The van der Waals surface area contributed by atoms with Crippen molar-refractivity contribution in [3.8, 4) is 11.5 Å². The van der Waals surface area contributed by atoms with Gasteiger partial charge >= 0.3 is 0 Å². The van der Waals surface area contributed by atoms with E-state index in [1.165, 1.54) is 17.6 Å². The number of amides is 2. The fourth-order valence-electron chi connectivity index (χ4n) is 3.54. The molecular weight excluding hydrogens is 602 g/mol. The van der Waals surface area contributed by atoms with E-state index in [2.05, 4.69) is 31.8 Å². The summed E-state index contributed by atoms with van der Waals surface area (Å²) in [5.74, 6) is 0.576. The minimum atomic E-state index is -0.383. The minimum absolute atomic E-state index is 0.114. The van der Waals surface area contributed by atoms with E-state index in [-0.39, 0.29) is 18.4 Å². The molecule has 4 aromatic rings. The summed E-state index contributed by atoms with van der Waals surface area (Å²) in [7, 11) is 0. The first-order valence-electron chi connectivity index (χ1n) is 12.0. The molecule has 0 aliphatic carbocycles. The van der Waals surface area contributed by atoms with Gasteiger partial charge in [0.1, 0.15) is 6.61 Å². The van der Waals surface area contributed by atoms with Crippen LogP contribution in [-0.4, -0.2) is 24.6 Å². The molecule has 4 rings (SSSR count). The van der Waals surface area contributed by atoms with Crippen LogP contribution in [0.1, 0.15) is 33.3 Å². The van der Waals surface area contributed by atoms with Crippen molar-refractivity contribution in [3.63, 3.8) is 0 Å². The van der Waals surface area contributed by atoms with Gasteiger partial charge in [-0.15, -0.1) is 11.3 Å². The number of nitrogens with one attached hydrogen (secondary N) is 2. The lowest BCUT2D eigenvalue weighted by Crippen LogP contribution is -2.18. The molecule has 1 heterocycles. The largest absolute Gasteiger partial charge is 0.490 e. The Labute approximate surface area is 243 Å². The zero-order valence-electron chi connectivity index (χ0n) is 20.9. The van der Waals surface area contributed by atoms with Crippen LogP contribution < -0.4 is 20.2 Å². The number of ether oxygens (including phenoxy) is 2. The van der Waals surface area contributed by atoms with E-state index in [9.17, 15) is 9.59 Å². The van der Waals surface area contributed by atoms with E-state index in [1.54, 1.807) is 30.3 Å².